The van der Waals surface area contributed by atoms with E-state index in [2.05, 4.69) is 4.98 Å². The van der Waals surface area contributed by atoms with Gasteiger partial charge < -0.3 is 9.55 Å². The van der Waals surface area contributed by atoms with E-state index >= 15 is 0 Å². The van der Waals surface area contributed by atoms with E-state index in [-0.39, 0.29) is 0 Å². The number of aromatic nitrogens is 1. The molecule has 3 heteroatoms. The maximum Gasteiger partial charge on any atom is 0.109 e. The molecule has 1 N–H and O–H groups in total. The molecule has 0 radical (unpaired) electrons. The van der Waals surface area contributed by atoms with Crippen molar-refractivity contribution in [3.8, 4) is 0 Å². The third kappa shape index (κ3) is 1.54. The minimum Gasteiger partial charge on any atom is -0.361 e. The number of nitrogens with one attached hydrogen (secondary N) is 1. The summed E-state index contributed by atoms with van der Waals surface area (Å²) in [5, 5.41) is 2.07. The van der Waals surface area contributed by atoms with Crippen molar-refractivity contribution in [1.82, 2.24) is 4.98 Å². The summed E-state index contributed by atoms with van der Waals surface area (Å²) in [6.07, 6.45) is 1.89. The van der Waals surface area contributed by atoms with E-state index in [1.807, 2.05) is 30.5 Å². The van der Waals surface area contributed by atoms with Gasteiger partial charge in [-0.1, -0.05) is 0 Å². The smallest absolute Gasteiger partial charge is 0.109 e. The van der Waals surface area contributed by atoms with Gasteiger partial charge in [-0.25, -0.2) is 0 Å². The lowest BCUT2D eigenvalue weighted by Crippen LogP contribution is -2.01. The molecule has 0 spiro atoms. The van der Waals surface area contributed by atoms with Crippen molar-refractivity contribution >= 4 is 23.3 Å². The SMILES string of the molecule is CP(C)(=O)c1ccc2[nH]ccc2c1. The Kier molecular flexibility index (Phi) is 1.81. The monoisotopic (exact) mass is 193 g/mol. The van der Waals surface area contributed by atoms with Crippen LogP contribution in [0.5, 0.6) is 0 Å². The summed E-state index contributed by atoms with van der Waals surface area (Å²) >= 11 is 0. The first-order chi connectivity index (χ1) is 6.07. The molecular formula is C10H12NOP. The second-order valence-corrected chi connectivity index (χ2v) is 6.82. The first kappa shape index (κ1) is 8.58. The van der Waals surface area contributed by atoms with Crippen LogP contribution in [0.25, 0.3) is 10.9 Å². The van der Waals surface area contributed by atoms with Gasteiger partial charge in [0, 0.05) is 22.4 Å². The highest BCUT2D eigenvalue weighted by molar-refractivity contribution is 7.70. The van der Waals surface area contributed by atoms with Crippen LogP contribution in [0.3, 0.4) is 0 Å². The highest BCUT2D eigenvalue weighted by Gasteiger charge is 2.10. The molecule has 2 nitrogen and oxygen atoms in total. The second kappa shape index (κ2) is 2.74. The first-order valence-corrected chi connectivity index (χ1v) is 6.80. The molecule has 0 fully saturated rings. The van der Waals surface area contributed by atoms with Gasteiger partial charge in [-0.05, 0) is 37.6 Å². The van der Waals surface area contributed by atoms with Crippen molar-refractivity contribution in [3.05, 3.63) is 30.5 Å². The van der Waals surface area contributed by atoms with E-state index in [4.69, 9.17) is 0 Å². The molecule has 0 atom stereocenters. The molecule has 0 amide bonds. The summed E-state index contributed by atoms with van der Waals surface area (Å²) in [4.78, 5) is 3.11. The highest BCUT2D eigenvalue weighted by atomic mass is 31.2. The van der Waals surface area contributed by atoms with Crippen LogP contribution in [0, 0.1) is 0 Å². The average molecular weight is 193 g/mol. The zero-order valence-corrected chi connectivity index (χ0v) is 8.64. The minimum atomic E-state index is -2.11. The quantitative estimate of drug-likeness (QED) is 0.693. The van der Waals surface area contributed by atoms with Crippen LogP contribution in [-0.2, 0) is 4.57 Å². The highest BCUT2D eigenvalue weighted by Crippen LogP contribution is 2.35. The fraction of sp³-hybridized carbons (Fsp3) is 0.200. The summed E-state index contributed by atoms with van der Waals surface area (Å²) in [6.45, 7) is 3.58. The lowest BCUT2D eigenvalue weighted by atomic mass is 10.2. The van der Waals surface area contributed by atoms with E-state index in [0.717, 1.165) is 16.2 Å². The zero-order chi connectivity index (χ0) is 9.47. The molecule has 0 aliphatic rings. The molecule has 0 saturated heterocycles. The van der Waals surface area contributed by atoms with Crippen LogP contribution in [0.2, 0.25) is 0 Å². The van der Waals surface area contributed by atoms with Gasteiger partial charge in [0.05, 0.1) is 0 Å². The number of fused-ring (bicyclic) bond motifs is 1. The standard InChI is InChI=1S/C10H12NOP/c1-13(2,12)9-3-4-10-8(7-9)5-6-11-10/h3-7,11H,1-2H3. The molecule has 1 heterocycles. The average Bonchev–Trinajstić information content (AvgIpc) is 2.47. The second-order valence-electron chi connectivity index (χ2n) is 3.60. The normalized spacial score (nSPS) is 12.2. The van der Waals surface area contributed by atoms with Crippen molar-refractivity contribution in [1.29, 1.82) is 0 Å². The van der Waals surface area contributed by atoms with Gasteiger partial charge in [0.25, 0.3) is 0 Å². The molecule has 0 aliphatic heterocycles. The van der Waals surface area contributed by atoms with E-state index in [1.165, 1.54) is 0 Å². The summed E-state index contributed by atoms with van der Waals surface area (Å²) in [6, 6.07) is 7.89. The van der Waals surface area contributed by atoms with Crippen molar-refractivity contribution in [2.45, 2.75) is 0 Å². The van der Waals surface area contributed by atoms with Gasteiger partial charge in [0.1, 0.15) is 7.14 Å². The predicted octanol–water partition coefficient (Wildman–Crippen LogP) is 2.42. The van der Waals surface area contributed by atoms with Crippen molar-refractivity contribution in [2.24, 2.45) is 0 Å². The minimum absolute atomic E-state index is 0.944. The third-order valence-corrected chi connectivity index (χ3v) is 3.68. The number of benzene rings is 1. The Morgan fingerprint density at radius 2 is 2.00 bits per heavy atom. The lowest BCUT2D eigenvalue weighted by Gasteiger charge is -2.05. The van der Waals surface area contributed by atoms with Gasteiger partial charge in [-0.3, -0.25) is 0 Å². The Bertz CT molecular complexity index is 480. The lowest BCUT2D eigenvalue weighted by molar-refractivity contribution is 0.588. The maximum absolute atomic E-state index is 11.8. The van der Waals surface area contributed by atoms with Crippen LogP contribution < -0.4 is 5.30 Å². The predicted molar refractivity (Wildman–Crippen MR) is 57.4 cm³/mol. The van der Waals surface area contributed by atoms with Crippen LogP contribution in [-0.4, -0.2) is 18.3 Å². The van der Waals surface area contributed by atoms with Crippen molar-refractivity contribution < 1.29 is 4.57 Å². The summed E-state index contributed by atoms with van der Waals surface area (Å²) in [7, 11) is -2.11. The largest absolute Gasteiger partial charge is 0.361 e. The van der Waals surface area contributed by atoms with Gasteiger partial charge in [-0.2, -0.15) is 0 Å². The molecule has 0 bridgehead atoms. The Morgan fingerprint density at radius 3 is 2.69 bits per heavy atom. The Morgan fingerprint density at radius 1 is 1.23 bits per heavy atom. The van der Waals surface area contributed by atoms with E-state index < -0.39 is 7.14 Å². The molecule has 2 aromatic rings. The first-order valence-electron chi connectivity index (χ1n) is 4.20. The van der Waals surface area contributed by atoms with Gasteiger partial charge in [-0.15, -0.1) is 0 Å². The zero-order valence-electron chi connectivity index (χ0n) is 7.74. The van der Waals surface area contributed by atoms with Crippen molar-refractivity contribution in [2.75, 3.05) is 13.3 Å². The van der Waals surface area contributed by atoms with Crippen LogP contribution >= 0.6 is 7.14 Å². The third-order valence-electron chi connectivity index (χ3n) is 2.16. The van der Waals surface area contributed by atoms with Gasteiger partial charge in [0.15, 0.2) is 0 Å². The number of hydrogen-bond donors (Lipinski definition) is 1. The number of rotatable bonds is 1. The van der Waals surface area contributed by atoms with Crippen LogP contribution in [0.15, 0.2) is 30.5 Å². The van der Waals surface area contributed by atoms with E-state index in [0.29, 0.717) is 0 Å². The Balaban J connectivity index is 2.67. The molecule has 1 aromatic carbocycles. The van der Waals surface area contributed by atoms with E-state index in [1.54, 1.807) is 13.3 Å². The van der Waals surface area contributed by atoms with Crippen LogP contribution in [0.4, 0.5) is 0 Å². The summed E-state index contributed by atoms with van der Waals surface area (Å²) in [5.74, 6) is 0. The molecule has 0 saturated carbocycles. The molecule has 1 aromatic heterocycles. The molecule has 0 aliphatic carbocycles. The van der Waals surface area contributed by atoms with Gasteiger partial charge >= 0.3 is 0 Å². The Labute approximate surface area is 77.3 Å². The van der Waals surface area contributed by atoms with Crippen molar-refractivity contribution in [3.63, 3.8) is 0 Å². The summed E-state index contributed by atoms with van der Waals surface area (Å²) in [5.41, 5.74) is 1.09. The maximum atomic E-state index is 11.8. The fourth-order valence-electron chi connectivity index (χ4n) is 1.38. The fourth-order valence-corrected chi connectivity index (χ4v) is 2.26. The molecular weight excluding hydrogens is 181 g/mol. The molecule has 68 valence electrons. The topological polar surface area (TPSA) is 32.9 Å². The number of H-pyrrole nitrogens is 1. The van der Waals surface area contributed by atoms with Crippen LogP contribution in [0.1, 0.15) is 0 Å². The number of hydrogen-bond acceptors (Lipinski definition) is 1. The van der Waals surface area contributed by atoms with Gasteiger partial charge in [0.2, 0.25) is 0 Å². The molecule has 13 heavy (non-hydrogen) atoms. The summed E-state index contributed by atoms with van der Waals surface area (Å²) < 4.78 is 11.8. The van der Waals surface area contributed by atoms with E-state index in [9.17, 15) is 4.57 Å². The molecule has 0 unspecified atom stereocenters. The number of aromatic amines is 1. The molecule has 2 rings (SSSR count). The Hall–Kier alpha value is -1.01.